The second-order valence-electron chi connectivity index (χ2n) is 5.50. The molecule has 0 unspecified atom stereocenters. The number of aromatic nitrogens is 1. The molecule has 0 atom stereocenters. The van der Waals surface area contributed by atoms with Gasteiger partial charge in [0, 0.05) is 6.07 Å². The molecule has 2 heterocycles. The average molecular weight is 328 g/mol. The maximum atomic E-state index is 13.8. The Labute approximate surface area is 141 Å². The summed E-state index contributed by atoms with van der Waals surface area (Å²) < 4.78 is 32.7. The van der Waals surface area contributed by atoms with Crippen LogP contribution in [0, 0.1) is 17.1 Å². The Morgan fingerprint density at radius 3 is 2.92 bits per heavy atom. The highest BCUT2D eigenvalue weighted by molar-refractivity contribution is 5.36. The van der Waals surface area contributed by atoms with Crippen molar-refractivity contribution >= 4 is 0 Å². The molecule has 1 N–H and O–H groups in total. The molecule has 5 nitrogen and oxygen atoms in total. The first-order valence-electron chi connectivity index (χ1n) is 8.27. The van der Waals surface area contributed by atoms with Crippen molar-refractivity contribution in [3.8, 4) is 17.7 Å². The van der Waals surface area contributed by atoms with Gasteiger partial charge in [-0.1, -0.05) is 6.07 Å². The fourth-order valence-electron chi connectivity index (χ4n) is 2.46. The molecule has 0 aliphatic carbocycles. The average Bonchev–Trinajstić information content (AvgIpc) is 2.63. The van der Waals surface area contributed by atoms with Gasteiger partial charge in [-0.15, -0.1) is 0 Å². The molecule has 2 aromatic rings. The Kier molecular flexibility index (Phi) is 4.82. The van der Waals surface area contributed by atoms with Crippen LogP contribution in [0.3, 0.4) is 0 Å². The van der Waals surface area contributed by atoms with Gasteiger partial charge in [-0.2, -0.15) is 5.26 Å². The predicted molar refractivity (Wildman–Crippen MR) is 86.2 cm³/mol. The molecular formula is C18H18FN3O2. The first kappa shape index (κ1) is 14.9. The van der Waals surface area contributed by atoms with Crippen LogP contribution >= 0.6 is 0 Å². The van der Waals surface area contributed by atoms with Crippen molar-refractivity contribution in [2.75, 3.05) is 13.1 Å². The van der Waals surface area contributed by atoms with Gasteiger partial charge in [-0.3, -0.25) is 0 Å². The minimum atomic E-state index is -0.575. The normalized spacial score (nSPS) is 16.2. The van der Waals surface area contributed by atoms with Gasteiger partial charge in [0.2, 0.25) is 5.88 Å². The fourth-order valence-corrected chi connectivity index (χ4v) is 2.46. The lowest BCUT2D eigenvalue weighted by atomic mass is 10.1. The molecule has 1 aliphatic heterocycles. The van der Waals surface area contributed by atoms with E-state index >= 15 is 0 Å². The Bertz CT molecular complexity index is 773. The fraction of sp³-hybridized carbons (Fsp3) is 0.333. The van der Waals surface area contributed by atoms with Crippen LogP contribution in [0.25, 0.3) is 0 Å². The van der Waals surface area contributed by atoms with E-state index in [0.29, 0.717) is 24.7 Å². The summed E-state index contributed by atoms with van der Waals surface area (Å²) in [5.41, 5.74) is 0.872. The molecule has 24 heavy (non-hydrogen) atoms. The lowest BCUT2D eigenvalue weighted by molar-refractivity contribution is 0.155. The van der Waals surface area contributed by atoms with E-state index in [1.54, 1.807) is 12.1 Å². The second kappa shape index (κ2) is 7.75. The number of pyridine rings is 1. The molecular weight excluding hydrogens is 309 g/mol. The van der Waals surface area contributed by atoms with Gasteiger partial charge in [0.15, 0.2) is 11.6 Å². The number of benzene rings is 1. The SMILES string of the molecule is [2H]N1CCC(Oc2cccc(COc3ccc(C#N)cc3F)n2)CC1. The number of nitrogens with one attached hydrogen (secondary N) is 1. The maximum Gasteiger partial charge on any atom is 0.213 e. The minimum Gasteiger partial charge on any atom is -0.484 e. The van der Waals surface area contributed by atoms with E-state index in [1.165, 1.54) is 17.4 Å². The molecule has 0 bridgehead atoms. The van der Waals surface area contributed by atoms with E-state index in [0.717, 1.165) is 18.9 Å². The molecule has 0 saturated carbocycles. The summed E-state index contributed by atoms with van der Waals surface area (Å²) >= 11 is 0. The van der Waals surface area contributed by atoms with Gasteiger partial charge in [-0.05, 0) is 50.2 Å². The monoisotopic (exact) mass is 328 g/mol. The smallest absolute Gasteiger partial charge is 0.213 e. The van der Waals surface area contributed by atoms with Gasteiger partial charge < -0.3 is 14.8 Å². The third-order valence-electron chi connectivity index (χ3n) is 3.72. The Morgan fingerprint density at radius 1 is 1.33 bits per heavy atom. The Balaban J connectivity index is 1.59. The van der Waals surface area contributed by atoms with Gasteiger partial charge in [-0.25, -0.2) is 9.37 Å². The van der Waals surface area contributed by atoms with E-state index in [4.69, 9.17) is 16.1 Å². The zero-order valence-corrected chi connectivity index (χ0v) is 13.1. The summed E-state index contributed by atoms with van der Waals surface area (Å²) in [6.45, 7) is 1.47. The van der Waals surface area contributed by atoms with E-state index in [-0.39, 0.29) is 24.0 Å². The van der Waals surface area contributed by atoms with Gasteiger partial charge in [0.1, 0.15) is 14.1 Å². The molecule has 0 spiro atoms. The summed E-state index contributed by atoms with van der Waals surface area (Å²) in [6, 6.07) is 11.3. The summed E-state index contributed by atoms with van der Waals surface area (Å²) in [5, 5.41) is 10.3. The Morgan fingerprint density at radius 2 is 2.17 bits per heavy atom. The lowest BCUT2D eigenvalue weighted by Gasteiger charge is -2.23. The van der Waals surface area contributed by atoms with E-state index in [9.17, 15) is 4.39 Å². The molecule has 1 fully saturated rings. The van der Waals surface area contributed by atoms with Crippen LogP contribution in [0.15, 0.2) is 36.4 Å². The topological polar surface area (TPSA) is 67.2 Å². The third kappa shape index (κ3) is 4.21. The van der Waals surface area contributed by atoms with Crippen molar-refractivity contribution in [1.82, 2.24) is 10.3 Å². The largest absolute Gasteiger partial charge is 0.484 e. The lowest BCUT2D eigenvalue weighted by Crippen LogP contribution is -2.34. The summed E-state index contributed by atoms with van der Waals surface area (Å²) in [7, 11) is 0. The van der Waals surface area contributed by atoms with Crippen LogP contribution in [0.1, 0.15) is 24.1 Å². The molecule has 0 radical (unpaired) electrons. The molecule has 0 amide bonds. The zero-order chi connectivity index (χ0) is 17.6. The van der Waals surface area contributed by atoms with Crippen molar-refractivity contribution in [2.45, 2.75) is 25.6 Å². The first-order valence-corrected chi connectivity index (χ1v) is 7.83. The molecule has 1 aromatic heterocycles. The van der Waals surface area contributed by atoms with Crippen LogP contribution < -0.4 is 14.8 Å². The van der Waals surface area contributed by atoms with E-state index in [2.05, 4.69) is 4.98 Å². The molecule has 1 aliphatic rings. The van der Waals surface area contributed by atoms with Crippen LogP contribution in [0.4, 0.5) is 4.39 Å². The van der Waals surface area contributed by atoms with Crippen molar-refractivity contribution in [3.63, 3.8) is 0 Å². The summed E-state index contributed by atoms with van der Waals surface area (Å²) in [6.07, 6.45) is 1.64. The molecule has 3 rings (SSSR count). The standard InChI is InChI=1S/C18H18FN3O2/c19-16-10-13(11-20)4-5-17(16)23-12-14-2-1-3-18(22-14)24-15-6-8-21-9-7-15/h1-5,10,15,21H,6-9,12H2/i/hD. The number of rotatable bonds is 5. The van der Waals surface area contributed by atoms with Crippen molar-refractivity contribution < 1.29 is 15.3 Å². The number of nitrogens with zero attached hydrogens (tertiary/aromatic N) is 2. The number of hydrogen-bond donors (Lipinski definition) is 1. The number of hydrogen-bond acceptors (Lipinski definition) is 5. The minimum absolute atomic E-state index is 0.0567. The number of ether oxygens (including phenoxy) is 2. The molecule has 1 aromatic carbocycles. The van der Waals surface area contributed by atoms with Crippen LogP contribution in [0.5, 0.6) is 11.6 Å². The van der Waals surface area contributed by atoms with Crippen LogP contribution in [0.2, 0.25) is 1.41 Å². The zero-order valence-electron chi connectivity index (χ0n) is 14.1. The maximum absolute atomic E-state index is 13.8. The van der Waals surface area contributed by atoms with Crippen molar-refractivity contribution in [3.05, 3.63) is 53.5 Å². The number of nitriles is 1. The number of piperidine rings is 1. The van der Waals surface area contributed by atoms with Gasteiger partial charge in [0.25, 0.3) is 0 Å². The highest BCUT2D eigenvalue weighted by atomic mass is 19.1. The highest BCUT2D eigenvalue weighted by Gasteiger charge is 2.15. The molecule has 1 saturated heterocycles. The van der Waals surface area contributed by atoms with E-state index in [1.807, 2.05) is 12.1 Å². The van der Waals surface area contributed by atoms with E-state index < -0.39 is 5.82 Å². The van der Waals surface area contributed by atoms with Crippen molar-refractivity contribution in [1.29, 1.82) is 5.26 Å². The summed E-state index contributed by atoms with van der Waals surface area (Å²) in [5.74, 6) is 0.00776. The summed E-state index contributed by atoms with van der Waals surface area (Å²) in [4.78, 5) is 4.38. The van der Waals surface area contributed by atoms with Gasteiger partial charge >= 0.3 is 0 Å². The number of halogens is 1. The van der Waals surface area contributed by atoms with Gasteiger partial charge in [0.05, 0.1) is 17.3 Å². The highest BCUT2D eigenvalue weighted by Crippen LogP contribution is 2.20. The van der Waals surface area contributed by atoms with Crippen molar-refractivity contribution in [2.24, 2.45) is 0 Å². The first-order chi connectivity index (χ1) is 12.1. The molecule has 124 valence electrons. The predicted octanol–water partition coefficient (Wildman–Crippen LogP) is 2.80. The quantitative estimate of drug-likeness (QED) is 0.914. The second-order valence-corrected chi connectivity index (χ2v) is 5.50. The Hall–Kier alpha value is -2.65. The molecule has 6 heteroatoms. The van der Waals surface area contributed by atoms with Crippen LogP contribution in [-0.4, -0.2) is 24.2 Å². The third-order valence-corrected chi connectivity index (χ3v) is 3.72. The van der Waals surface area contributed by atoms with Crippen LogP contribution in [-0.2, 0) is 6.61 Å².